The molecule has 0 aromatic heterocycles. The van der Waals surface area contributed by atoms with Crippen molar-refractivity contribution < 1.29 is 22.5 Å². The average Bonchev–Trinajstić information content (AvgIpc) is 2.44. The lowest BCUT2D eigenvalue weighted by Gasteiger charge is -2.13. The summed E-state index contributed by atoms with van der Waals surface area (Å²) in [5.74, 6) is -0.192. The first-order valence-electron chi connectivity index (χ1n) is 6.47. The second-order valence-corrected chi connectivity index (χ2v) is 8.27. The molecule has 2 rings (SSSR count). The lowest BCUT2D eigenvalue weighted by Crippen LogP contribution is -2.11. The van der Waals surface area contributed by atoms with E-state index in [4.69, 9.17) is 4.74 Å². The molecule has 122 valence electrons. The quantitative estimate of drug-likeness (QED) is 0.244. The topological polar surface area (TPSA) is 83.5 Å². The maximum atomic E-state index is 11.9. The van der Waals surface area contributed by atoms with Gasteiger partial charge in [-0.2, -0.15) is 0 Å². The molecule has 0 atom stereocenters. The summed E-state index contributed by atoms with van der Waals surface area (Å²) in [5, 5.41) is 0. The summed E-state index contributed by atoms with van der Waals surface area (Å²) in [6, 6.07) is 12.3. The standard InChI is InChI=1S/C15H12I2O5S/c16-12-8-11(9-13(17)15(12)23(19,20)21)22-14(18)7-6-10-4-2-1-3-5-10/h1-5,8-9H,6-7H2,(H,19,20,21)/p-1. The van der Waals surface area contributed by atoms with Gasteiger partial charge in [0.05, 0.1) is 4.90 Å². The van der Waals surface area contributed by atoms with Crippen LogP contribution in [-0.2, 0) is 21.3 Å². The van der Waals surface area contributed by atoms with Crippen LogP contribution < -0.4 is 4.74 Å². The van der Waals surface area contributed by atoms with Gasteiger partial charge in [0.15, 0.2) is 0 Å². The molecule has 0 bridgehead atoms. The minimum absolute atomic E-state index is 0.207. The Morgan fingerprint density at radius 2 is 1.65 bits per heavy atom. The van der Waals surface area contributed by atoms with E-state index in [1.807, 2.05) is 30.3 Å². The number of halogens is 2. The fourth-order valence-corrected chi connectivity index (χ4v) is 5.83. The largest absolute Gasteiger partial charge is 0.744 e. The van der Waals surface area contributed by atoms with Crippen LogP contribution >= 0.6 is 45.2 Å². The van der Waals surface area contributed by atoms with Crippen LogP contribution in [0, 0.1) is 7.14 Å². The lowest BCUT2D eigenvalue weighted by molar-refractivity contribution is -0.134. The SMILES string of the molecule is O=C(CCc1ccccc1)Oc1cc(I)c(S(=O)(=O)[O-])c(I)c1. The van der Waals surface area contributed by atoms with Gasteiger partial charge in [0.1, 0.15) is 15.9 Å². The number of rotatable bonds is 5. The highest BCUT2D eigenvalue weighted by atomic mass is 127. The second kappa shape index (κ2) is 7.90. The summed E-state index contributed by atoms with van der Waals surface area (Å²) in [4.78, 5) is 11.6. The summed E-state index contributed by atoms with van der Waals surface area (Å²) in [6.07, 6.45) is 0.764. The fraction of sp³-hybridized carbons (Fsp3) is 0.133. The molecule has 5 nitrogen and oxygen atoms in total. The summed E-state index contributed by atoms with van der Waals surface area (Å²) >= 11 is 3.48. The van der Waals surface area contributed by atoms with Crippen molar-refractivity contribution in [2.45, 2.75) is 17.7 Å². The van der Waals surface area contributed by atoms with Crippen LogP contribution in [0.15, 0.2) is 47.4 Å². The molecule has 0 fully saturated rings. The zero-order chi connectivity index (χ0) is 17.0. The molecule has 0 unspecified atom stereocenters. The number of ether oxygens (including phenoxy) is 1. The Bertz CT molecular complexity index is 796. The van der Waals surface area contributed by atoms with E-state index >= 15 is 0 Å². The van der Waals surface area contributed by atoms with Crippen molar-refractivity contribution in [3.63, 3.8) is 0 Å². The molecule has 23 heavy (non-hydrogen) atoms. The molecule has 0 saturated heterocycles. The summed E-state index contributed by atoms with van der Waals surface area (Å²) in [7, 11) is -4.56. The van der Waals surface area contributed by atoms with E-state index in [9.17, 15) is 17.8 Å². The van der Waals surface area contributed by atoms with Gasteiger partial charge in [0.25, 0.3) is 0 Å². The van der Waals surface area contributed by atoms with Crippen LogP contribution in [0.5, 0.6) is 5.75 Å². The maximum Gasteiger partial charge on any atom is 0.311 e. The molecule has 0 saturated carbocycles. The smallest absolute Gasteiger partial charge is 0.311 e. The molecule has 0 heterocycles. The molecule has 0 spiro atoms. The van der Waals surface area contributed by atoms with E-state index in [0.29, 0.717) is 6.42 Å². The van der Waals surface area contributed by atoms with Crippen LogP contribution in [0.2, 0.25) is 0 Å². The van der Waals surface area contributed by atoms with E-state index < -0.39 is 16.1 Å². The van der Waals surface area contributed by atoms with Crippen LogP contribution in [-0.4, -0.2) is 18.9 Å². The van der Waals surface area contributed by atoms with E-state index in [1.54, 1.807) is 45.2 Å². The van der Waals surface area contributed by atoms with Gasteiger partial charge in [-0.1, -0.05) is 30.3 Å². The van der Waals surface area contributed by atoms with Gasteiger partial charge < -0.3 is 9.29 Å². The number of hydrogen-bond donors (Lipinski definition) is 0. The number of carbonyl (C=O) groups is 1. The van der Waals surface area contributed by atoms with Gasteiger partial charge in [-0.05, 0) is 69.3 Å². The highest BCUT2D eigenvalue weighted by Crippen LogP contribution is 2.29. The van der Waals surface area contributed by atoms with E-state index in [1.165, 1.54) is 12.1 Å². The Morgan fingerprint density at radius 1 is 1.09 bits per heavy atom. The molecule has 8 heteroatoms. The average molecular weight is 557 g/mol. The summed E-state index contributed by atoms with van der Waals surface area (Å²) in [5.41, 5.74) is 1.03. The molecule has 2 aromatic rings. The molecule has 0 amide bonds. The molecular formula is C15H11I2O5S-. The first-order valence-corrected chi connectivity index (χ1v) is 10.0. The Balaban J connectivity index is 2.07. The van der Waals surface area contributed by atoms with Crippen molar-refractivity contribution in [3.05, 3.63) is 55.2 Å². The minimum atomic E-state index is -4.56. The molecule has 2 aromatic carbocycles. The Morgan fingerprint density at radius 3 is 2.17 bits per heavy atom. The summed E-state index contributed by atoms with van der Waals surface area (Å²) < 4.78 is 39.3. The predicted molar refractivity (Wildman–Crippen MR) is 100 cm³/mol. The Labute approximate surface area is 161 Å². The molecule has 0 aliphatic carbocycles. The normalized spacial score (nSPS) is 11.3. The zero-order valence-electron chi connectivity index (χ0n) is 11.7. The highest BCUT2D eigenvalue weighted by molar-refractivity contribution is 14.1. The third-order valence-electron chi connectivity index (χ3n) is 2.91. The first kappa shape index (κ1) is 18.6. The third kappa shape index (κ3) is 5.40. The van der Waals surface area contributed by atoms with Crippen molar-refractivity contribution in [1.82, 2.24) is 0 Å². The van der Waals surface area contributed by atoms with E-state index in [-0.39, 0.29) is 24.2 Å². The Kier molecular flexibility index (Phi) is 6.40. The van der Waals surface area contributed by atoms with Gasteiger partial charge in [-0.3, -0.25) is 4.79 Å². The number of esters is 1. The molecule has 0 aliphatic rings. The number of carbonyl (C=O) groups excluding carboxylic acids is 1. The van der Waals surface area contributed by atoms with Crippen molar-refractivity contribution in [3.8, 4) is 5.75 Å². The van der Waals surface area contributed by atoms with E-state index in [2.05, 4.69) is 0 Å². The Hall–Kier alpha value is -0.720. The lowest BCUT2D eigenvalue weighted by atomic mass is 10.1. The van der Waals surface area contributed by atoms with Crippen LogP contribution in [0.1, 0.15) is 12.0 Å². The number of aryl methyl sites for hydroxylation is 1. The minimum Gasteiger partial charge on any atom is -0.744 e. The second-order valence-electron chi connectivity index (χ2n) is 4.63. The maximum absolute atomic E-state index is 11.9. The monoisotopic (exact) mass is 557 g/mol. The van der Waals surface area contributed by atoms with Gasteiger partial charge in [0, 0.05) is 13.6 Å². The van der Waals surface area contributed by atoms with Gasteiger partial charge >= 0.3 is 5.97 Å². The van der Waals surface area contributed by atoms with Crippen molar-refractivity contribution in [1.29, 1.82) is 0 Å². The predicted octanol–water partition coefficient (Wildman–Crippen LogP) is 3.34. The van der Waals surface area contributed by atoms with Crippen LogP contribution in [0.3, 0.4) is 0 Å². The number of benzene rings is 2. The summed E-state index contributed by atoms with van der Waals surface area (Å²) in [6.45, 7) is 0. The molecule has 0 radical (unpaired) electrons. The fourth-order valence-electron chi connectivity index (χ4n) is 1.91. The highest BCUT2D eigenvalue weighted by Gasteiger charge is 2.15. The van der Waals surface area contributed by atoms with Crippen molar-refractivity contribution in [2.24, 2.45) is 0 Å². The van der Waals surface area contributed by atoms with Crippen LogP contribution in [0.4, 0.5) is 0 Å². The van der Waals surface area contributed by atoms with Gasteiger partial charge in [0.2, 0.25) is 0 Å². The van der Waals surface area contributed by atoms with Crippen molar-refractivity contribution >= 4 is 61.3 Å². The zero-order valence-corrected chi connectivity index (χ0v) is 16.8. The van der Waals surface area contributed by atoms with Gasteiger partial charge in [-0.15, -0.1) is 0 Å². The number of hydrogen-bond acceptors (Lipinski definition) is 5. The third-order valence-corrected chi connectivity index (χ3v) is 6.29. The van der Waals surface area contributed by atoms with Crippen molar-refractivity contribution in [2.75, 3.05) is 0 Å². The molecule has 0 N–H and O–H groups in total. The van der Waals surface area contributed by atoms with Crippen LogP contribution in [0.25, 0.3) is 0 Å². The first-order chi connectivity index (χ1) is 10.8. The van der Waals surface area contributed by atoms with Gasteiger partial charge in [-0.25, -0.2) is 8.42 Å². The molecule has 0 aliphatic heterocycles. The van der Waals surface area contributed by atoms with E-state index in [0.717, 1.165) is 5.56 Å². The molecular weight excluding hydrogens is 546 g/mol.